The van der Waals surface area contributed by atoms with Crippen LogP contribution in [0.15, 0.2) is 24.3 Å². The van der Waals surface area contributed by atoms with Crippen LogP contribution in [0.2, 0.25) is 0 Å². The summed E-state index contributed by atoms with van der Waals surface area (Å²) < 4.78 is 12.1. The minimum atomic E-state index is -1.42. The van der Waals surface area contributed by atoms with Crippen molar-refractivity contribution in [2.24, 2.45) is 11.1 Å². The quantitative estimate of drug-likeness (QED) is 0.819. The highest BCUT2D eigenvalue weighted by atomic mass is 16.7. The van der Waals surface area contributed by atoms with Gasteiger partial charge in [-0.2, -0.15) is 0 Å². The highest BCUT2D eigenvalue weighted by Crippen LogP contribution is 2.37. The van der Waals surface area contributed by atoms with Gasteiger partial charge < -0.3 is 20.1 Å². The molecule has 1 fully saturated rings. The van der Waals surface area contributed by atoms with E-state index in [-0.39, 0.29) is 5.41 Å². The number of rotatable bonds is 4. The van der Waals surface area contributed by atoms with E-state index in [1.807, 2.05) is 60.6 Å². The predicted molar refractivity (Wildman–Crippen MR) is 99.7 cm³/mol. The molecule has 1 atom stereocenters. The molecule has 1 saturated heterocycles. The number of nitrogens with two attached hydrogens (primary N) is 1. The second-order valence-electron chi connectivity index (χ2n) is 9.22. The molecular weight excluding hydrogens is 317 g/mol. The molecule has 0 bridgehead atoms. The Labute approximate surface area is 151 Å². The molecule has 1 aromatic carbocycles. The third kappa shape index (κ3) is 3.91. The molecule has 6 heteroatoms. The highest BCUT2D eigenvalue weighted by molar-refractivity contribution is 6.62. The first-order valence-electron chi connectivity index (χ1n) is 8.66. The van der Waals surface area contributed by atoms with Crippen LogP contribution in [-0.2, 0) is 19.6 Å². The van der Waals surface area contributed by atoms with Gasteiger partial charge in [0.15, 0.2) is 0 Å². The lowest BCUT2D eigenvalue weighted by Crippen LogP contribution is -2.47. The van der Waals surface area contributed by atoms with Gasteiger partial charge in [-0.25, -0.2) is 4.79 Å². The van der Waals surface area contributed by atoms with Crippen molar-refractivity contribution in [3.8, 4) is 0 Å². The molecule has 0 aliphatic carbocycles. The molecule has 1 heterocycles. The van der Waals surface area contributed by atoms with E-state index in [0.29, 0.717) is 12.0 Å². The summed E-state index contributed by atoms with van der Waals surface area (Å²) in [5, 5.41) is 9.69. The van der Waals surface area contributed by atoms with E-state index in [4.69, 9.17) is 15.0 Å². The van der Waals surface area contributed by atoms with Crippen LogP contribution in [0.1, 0.15) is 60.5 Å². The van der Waals surface area contributed by atoms with Gasteiger partial charge in [0.05, 0.1) is 11.2 Å². The lowest BCUT2D eigenvalue weighted by atomic mass is 9.74. The first-order chi connectivity index (χ1) is 11.2. The molecule has 1 unspecified atom stereocenters. The fourth-order valence-electron chi connectivity index (χ4n) is 3.05. The van der Waals surface area contributed by atoms with Crippen molar-refractivity contribution in [2.75, 3.05) is 0 Å². The van der Waals surface area contributed by atoms with Gasteiger partial charge in [-0.15, -0.1) is 0 Å². The molecule has 3 N–H and O–H groups in total. The molecule has 0 aromatic heterocycles. The minimum Gasteiger partial charge on any atom is -0.480 e. The third-order valence-corrected chi connectivity index (χ3v) is 5.14. The van der Waals surface area contributed by atoms with Crippen molar-refractivity contribution in [1.29, 1.82) is 0 Å². The van der Waals surface area contributed by atoms with Crippen molar-refractivity contribution >= 4 is 18.6 Å². The zero-order valence-corrected chi connectivity index (χ0v) is 16.3. The summed E-state index contributed by atoms with van der Waals surface area (Å²) in [6.07, 6.45) is 0.338. The van der Waals surface area contributed by atoms with Gasteiger partial charge in [-0.05, 0) is 50.6 Å². The highest BCUT2D eigenvalue weighted by Gasteiger charge is 2.51. The average molecular weight is 347 g/mol. The van der Waals surface area contributed by atoms with Crippen LogP contribution in [-0.4, -0.2) is 29.4 Å². The number of carboxylic acids is 1. The van der Waals surface area contributed by atoms with Gasteiger partial charge in [0.1, 0.15) is 5.54 Å². The normalized spacial score (nSPS) is 21.8. The molecule has 0 amide bonds. The molecule has 5 nitrogen and oxygen atoms in total. The zero-order chi connectivity index (χ0) is 19.3. The number of hydrogen-bond donors (Lipinski definition) is 2. The van der Waals surface area contributed by atoms with Crippen molar-refractivity contribution < 1.29 is 19.2 Å². The fraction of sp³-hybridized carbons (Fsp3) is 0.632. The van der Waals surface area contributed by atoms with E-state index >= 15 is 0 Å². The SMILES string of the molecule is CC(C)(C)CC(N)(C(=O)O)c1ccc(B2OC(C)(C)C(C)(C)O2)cc1. The third-order valence-electron chi connectivity index (χ3n) is 5.14. The Morgan fingerprint density at radius 2 is 1.52 bits per heavy atom. The maximum Gasteiger partial charge on any atom is 0.494 e. The van der Waals surface area contributed by atoms with Crippen LogP contribution in [0, 0.1) is 5.41 Å². The van der Waals surface area contributed by atoms with Gasteiger partial charge >= 0.3 is 13.1 Å². The Balaban J connectivity index is 2.29. The van der Waals surface area contributed by atoms with Crippen LogP contribution in [0.4, 0.5) is 0 Å². The monoisotopic (exact) mass is 347 g/mol. The maximum atomic E-state index is 11.8. The molecule has 0 radical (unpaired) electrons. The van der Waals surface area contributed by atoms with Crippen molar-refractivity contribution in [3.63, 3.8) is 0 Å². The molecule has 1 aliphatic rings. The summed E-state index contributed by atoms with van der Waals surface area (Å²) in [6, 6.07) is 7.20. The van der Waals surface area contributed by atoms with Crippen molar-refractivity contribution in [2.45, 2.75) is 71.6 Å². The molecule has 2 rings (SSSR count). The van der Waals surface area contributed by atoms with Gasteiger partial charge in [0, 0.05) is 0 Å². The predicted octanol–water partition coefficient (Wildman–Crippen LogP) is 2.66. The summed E-state index contributed by atoms with van der Waals surface area (Å²) in [7, 11) is -0.473. The van der Waals surface area contributed by atoms with Crippen LogP contribution < -0.4 is 11.2 Å². The van der Waals surface area contributed by atoms with Gasteiger partial charge in [-0.3, -0.25) is 0 Å². The lowest BCUT2D eigenvalue weighted by Gasteiger charge is -2.32. The topological polar surface area (TPSA) is 81.8 Å². The number of carbonyl (C=O) groups is 1. The lowest BCUT2D eigenvalue weighted by molar-refractivity contribution is -0.145. The number of benzene rings is 1. The summed E-state index contributed by atoms with van der Waals surface area (Å²) in [5.74, 6) is -1.02. The Morgan fingerprint density at radius 1 is 1.08 bits per heavy atom. The fourth-order valence-corrected chi connectivity index (χ4v) is 3.05. The molecule has 25 heavy (non-hydrogen) atoms. The maximum absolute atomic E-state index is 11.8. The molecule has 0 spiro atoms. The Morgan fingerprint density at radius 3 is 1.88 bits per heavy atom. The second kappa shape index (κ2) is 6.11. The van der Waals surface area contributed by atoms with Crippen LogP contribution >= 0.6 is 0 Å². The van der Waals surface area contributed by atoms with Crippen LogP contribution in [0.25, 0.3) is 0 Å². The first-order valence-corrected chi connectivity index (χ1v) is 8.66. The van der Waals surface area contributed by atoms with Crippen molar-refractivity contribution in [3.05, 3.63) is 29.8 Å². The largest absolute Gasteiger partial charge is 0.494 e. The minimum absolute atomic E-state index is 0.211. The van der Waals surface area contributed by atoms with Gasteiger partial charge in [0.2, 0.25) is 0 Å². The number of aliphatic carboxylic acids is 1. The molecular formula is C19H30BNO4. The van der Waals surface area contributed by atoms with E-state index in [9.17, 15) is 9.90 Å². The zero-order valence-electron chi connectivity index (χ0n) is 16.3. The van der Waals surface area contributed by atoms with E-state index < -0.39 is 29.8 Å². The smallest absolute Gasteiger partial charge is 0.480 e. The molecule has 1 aliphatic heterocycles. The van der Waals surface area contributed by atoms with E-state index in [0.717, 1.165) is 5.46 Å². The standard InChI is InChI=1S/C19H30BNO4/c1-16(2,3)12-19(21,15(22)23)13-8-10-14(11-9-13)20-24-17(4,5)18(6,7)25-20/h8-11H,12,21H2,1-7H3,(H,22,23). The molecule has 0 saturated carbocycles. The van der Waals surface area contributed by atoms with E-state index in [1.54, 1.807) is 12.1 Å². The number of hydrogen-bond acceptors (Lipinski definition) is 4. The van der Waals surface area contributed by atoms with Gasteiger partial charge in [0.25, 0.3) is 0 Å². The number of carboxylic acid groups (broad SMARTS) is 1. The van der Waals surface area contributed by atoms with E-state index in [2.05, 4.69) is 0 Å². The Bertz CT molecular complexity index is 632. The second-order valence-corrected chi connectivity index (χ2v) is 9.22. The molecule has 138 valence electrons. The average Bonchev–Trinajstić information content (AvgIpc) is 2.65. The Hall–Kier alpha value is -1.37. The van der Waals surface area contributed by atoms with Crippen LogP contribution in [0.5, 0.6) is 0 Å². The first kappa shape index (κ1) is 20.0. The summed E-state index contributed by atoms with van der Waals surface area (Å²) >= 11 is 0. The van der Waals surface area contributed by atoms with Crippen LogP contribution in [0.3, 0.4) is 0 Å². The van der Waals surface area contributed by atoms with E-state index in [1.165, 1.54) is 0 Å². The summed E-state index contributed by atoms with van der Waals surface area (Å²) in [6.45, 7) is 13.9. The summed E-state index contributed by atoms with van der Waals surface area (Å²) in [4.78, 5) is 11.8. The Kier molecular flexibility index (Phi) is 4.88. The molecule has 1 aromatic rings. The van der Waals surface area contributed by atoms with Gasteiger partial charge in [-0.1, -0.05) is 45.0 Å². The summed E-state index contributed by atoms with van der Waals surface area (Å²) in [5.41, 5.74) is 5.24. The van der Waals surface area contributed by atoms with Crippen molar-refractivity contribution in [1.82, 2.24) is 0 Å².